The number of rotatable bonds is 8. The molecule has 0 amide bonds. The van der Waals surface area contributed by atoms with E-state index in [1.807, 2.05) is 19.3 Å². The van der Waals surface area contributed by atoms with E-state index in [-0.39, 0.29) is 12.5 Å². The number of nitrogens with zero attached hydrogens (tertiary/aromatic N) is 2. The lowest BCUT2D eigenvalue weighted by molar-refractivity contribution is -0.142. The smallest absolute Gasteiger partial charge is 0.319 e. The van der Waals surface area contributed by atoms with Gasteiger partial charge in [-0.3, -0.25) is 9.48 Å². The number of unbranched alkanes of at least 4 members (excludes halogenated alkanes) is 1. The van der Waals surface area contributed by atoms with Gasteiger partial charge in [0.1, 0.15) is 0 Å². The minimum absolute atomic E-state index is 0.181. The number of aryl methyl sites for hydroxylation is 1. The first-order valence-corrected chi connectivity index (χ1v) is 6.07. The summed E-state index contributed by atoms with van der Waals surface area (Å²) in [5.74, 6) is -0.181. The Labute approximate surface area is 102 Å². The lowest BCUT2D eigenvalue weighted by Crippen LogP contribution is -2.26. The average molecular weight is 239 g/mol. The van der Waals surface area contributed by atoms with Crippen molar-refractivity contribution in [3.8, 4) is 0 Å². The first kappa shape index (κ1) is 13.7. The molecule has 0 aromatic carbocycles. The molecular formula is C12H21N3O2. The van der Waals surface area contributed by atoms with Crippen molar-refractivity contribution in [2.45, 2.75) is 26.2 Å². The van der Waals surface area contributed by atoms with Gasteiger partial charge in [-0.05, 0) is 12.5 Å². The van der Waals surface area contributed by atoms with Crippen LogP contribution in [0.25, 0.3) is 0 Å². The Bertz CT molecular complexity index is 336. The molecule has 1 N–H and O–H groups in total. The highest BCUT2D eigenvalue weighted by molar-refractivity contribution is 5.71. The van der Waals surface area contributed by atoms with Crippen LogP contribution in [0.4, 0.5) is 0 Å². The van der Waals surface area contributed by atoms with Gasteiger partial charge in [0.05, 0.1) is 18.8 Å². The molecule has 0 spiro atoms. The van der Waals surface area contributed by atoms with Gasteiger partial charge in [0.2, 0.25) is 0 Å². The molecule has 0 radical (unpaired) electrons. The van der Waals surface area contributed by atoms with Crippen molar-refractivity contribution in [1.82, 2.24) is 15.1 Å². The molecular weight excluding hydrogens is 218 g/mol. The molecule has 1 aromatic rings. The van der Waals surface area contributed by atoms with Gasteiger partial charge < -0.3 is 10.1 Å². The number of nitrogens with one attached hydrogen (secondary N) is 1. The van der Waals surface area contributed by atoms with Gasteiger partial charge in [-0.1, -0.05) is 13.3 Å². The van der Waals surface area contributed by atoms with E-state index in [4.69, 9.17) is 4.74 Å². The summed E-state index contributed by atoms with van der Waals surface area (Å²) in [5.41, 5.74) is 1.03. The van der Waals surface area contributed by atoms with Crippen LogP contribution < -0.4 is 5.32 Å². The normalized spacial score (nSPS) is 10.5. The predicted molar refractivity (Wildman–Crippen MR) is 65.6 cm³/mol. The van der Waals surface area contributed by atoms with Crippen molar-refractivity contribution in [3.63, 3.8) is 0 Å². The first-order chi connectivity index (χ1) is 8.22. The van der Waals surface area contributed by atoms with Crippen LogP contribution in [-0.4, -0.2) is 35.4 Å². The van der Waals surface area contributed by atoms with E-state index >= 15 is 0 Å². The fraction of sp³-hybridized carbons (Fsp3) is 0.667. The zero-order valence-electron chi connectivity index (χ0n) is 10.6. The average Bonchev–Trinajstić information content (AvgIpc) is 2.71. The topological polar surface area (TPSA) is 56.1 Å². The van der Waals surface area contributed by atoms with Crippen LogP contribution in [0.1, 0.15) is 25.5 Å². The lowest BCUT2D eigenvalue weighted by Gasteiger charge is -2.04. The Kier molecular flexibility index (Phi) is 6.32. The fourth-order valence-electron chi connectivity index (χ4n) is 1.38. The highest BCUT2D eigenvalue weighted by Gasteiger charge is 2.02. The van der Waals surface area contributed by atoms with Crippen molar-refractivity contribution in [3.05, 3.63) is 18.0 Å². The van der Waals surface area contributed by atoms with Crippen molar-refractivity contribution in [2.75, 3.05) is 19.7 Å². The van der Waals surface area contributed by atoms with Gasteiger partial charge in [0, 0.05) is 26.2 Å². The van der Waals surface area contributed by atoms with Crippen LogP contribution in [0.3, 0.4) is 0 Å². The molecule has 0 aliphatic rings. The minimum Gasteiger partial charge on any atom is -0.465 e. The van der Waals surface area contributed by atoms with Crippen LogP contribution in [0, 0.1) is 0 Å². The second-order valence-corrected chi connectivity index (χ2v) is 3.98. The summed E-state index contributed by atoms with van der Waals surface area (Å²) in [6.45, 7) is 3.60. The molecule has 0 unspecified atom stereocenters. The van der Waals surface area contributed by atoms with Gasteiger partial charge >= 0.3 is 5.97 Å². The molecule has 0 saturated heterocycles. The maximum absolute atomic E-state index is 11.2. The van der Waals surface area contributed by atoms with Gasteiger partial charge in [-0.15, -0.1) is 0 Å². The Balaban J connectivity index is 2.02. The molecule has 0 atom stereocenters. The molecule has 1 heterocycles. The molecule has 17 heavy (non-hydrogen) atoms. The van der Waals surface area contributed by atoms with Crippen LogP contribution >= 0.6 is 0 Å². The number of esters is 1. The molecule has 1 aromatic heterocycles. The number of hydrogen-bond donors (Lipinski definition) is 1. The standard InChI is InChI=1S/C12H21N3O2/c1-3-4-9-17-12(16)10-13-7-5-11-6-8-15(2)14-11/h6,8,13H,3-5,7,9-10H2,1-2H3. The van der Waals surface area contributed by atoms with E-state index in [2.05, 4.69) is 17.3 Å². The lowest BCUT2D eigenvalue weighted by atomic mass is 10.3. The second kappa shape index (κ2) is 7.84. The Morgan fingerprint density at radius 3 is 3.06 bits per heavy atom. The summed E-state index contributed by atoms with van der Waals surface area (Å²) in [5, 5.41) is 7.29. The van der Waals surface area contributed by atoms with E-state index in [1.165, 1.54) is 0 Å². The largest absolute Gasteiger partial charge is 0.465 e. The number of aromatic nitrogens is 2. The van der Waals surface area contributed by atoms with Gasteiger partial charge in [-0.25, -0.2) is 0 Å². The van der Waals surface area contributed by atoms with Gasteiger partial charge in [0.15, 0.2) is 0 Å². The van der Waals surface area contributed by atoms with Gasteiger partial charge in [-0.2, -0.15) is 5.10 Å². The molecule has 5 heteroatoms. The van der Waals surface area contributed by atoms with E-state index < -0.39 is 0 Å². The van der Waals surface area contributed by atoms with Gasteiger partial charge in [0.25, 0.3) is 0 Å². The fourth-order valence-corrected chi connectivity index (χ4v) is 1.38. The van der Waals surface area contributed by atoms with E-state index in [1.54, 1.807) is 4.68 Å². The van der Waals surface area contributed by atoms with Crippen LogP contribution in [-0.2, 0) is 23.0 Å². The van der Waals surface area contributed by atoms with E-state index in [9.17, 15) is 4.79 Å². The number of hydrogen-bond acceptors (Lipinski definition) is 4. The Morgan fingerprint density at radius 2 is 2.41 bits per heavy atom. The highest BCUT2D eigenvalue weighted by Crippen LogP contribution is 1.94. The SMILES string of the molecule is CCCCOC(=O)CNCCc1ccn(C)n1. The van der Waals surface area contributed by atoms with E-state index in [0.717, 1.165) is 31.5 Å². The van der Waals surface area contributed by atoms with Crippen molar-refractivity contribution >= 4 is 5.97 Å². The summed E-state index contributed by atoms with van der Waals surface area (Å²) >= 11 is 0. The summed E-state index contributed by atoms with van der Waals surface area (Å²) in [6, 6.07) is 1.97. The Morgan fingerprint density at radius 1 is 1.59 bits per heavy atom. The Hall–Kier alpha value is -1.36. The molecule has 1 rings (SSSR count). The molecule has 96 valence electrons. The third kappa shape index (κ3) is 6.06. The molecule has 0 saturated carbocycles. The summed E-state index contributed by atoms with van der Waals surface area (Å²) in [7, 11) is 1.89. The summed E-state index contributed by atoms with van der Waals surface area (Å²) < 4.78 is 6.79. The van der Waals surface area contributed by atoms with Crippen LogP contribution in [0.5, 0.6) is 0 Å². The zero-order valence-corrected chi connectivity index (χ0v) is 10.6. The third-order valence-corrected chi connectivity index (χ3v) is 2.36. The maximum Gasteiger partial charge on any atom is 0.319 e. The molecule has 0 bridgehead atoms. The number of carbonyl (C=O) groups is 1. The van der Waals surface area contributed by atoms with Crippen LogP contribution in [0.15, 0.2) is 12.3 Å². The molecule has 5 nitrogen and oxygen atoms in total. The first-order valence-electron chi connectivity index (χ1n) is 6.07. The van der Waals surface area contributed by atoms with E-state index in [0.29, 0.717) is 6.61 Å². The van der Waals surface area contributed by atoms with Crippen molar-refractivity contribution in [1.29, 1.82) is 0 Å². The number of ether oxygens (including phenoxy) is 1. The predicted octanol–water partition coefficient (Wildman–Crippen LogP) is 0.895. The minimum atomic E-state index is -0.181. The maximum atomic E-state index is 11.2. The highest BCUT2D eigenvalue weighted by atomic mass is 16.5. The third-order valence-electron chi connectivity index (χ3n) is 2.36. The zero-order chi connectivity index (χ0) is 12.5. The quantitative estimate of drug-likeness (QED) is 0.541. The summed E-state index contributed by atoms with van der Waals surface area (Å²) in [4.78, 5) is 11.2. The molecule has 0 fully saturated rings. The summed E-state index contributed by atoms with van der Waals surface area (Å²) in [6.07, 6.45) is 4.71. The second-order valence-electron chi connectivity index (χ2n) is 3.98. The molecule has 0 aliphatic heterocycles. The van der Waals surface area contributed by atoms with Crippen LogP contribution in [0.2, 0.25) is 0 Å². The monoisotopic (exact) mass is 239 g/mol. The van der Waals surface area contributed by atoms with Crippen molar-refractivity contribution in [2.24, 2.45) is 7.05 Å². The van der Waals surface area contributed by atoms with Crippen molar-refractivity contribution < 1.29 is 9.53 Å². The molecule has 0 aliphatic carbocycles. The number of carbonyl (C=O) groups excluding carboxylic acids is 1.